The van der Waals surface area contributed by atoms with E-state index < -0.39 is 22.3 Å². The summed E-state index contributed by atoms with van der Waals surface area (Å²) in [5, 5.41) is 15.2. The van der Waals surface area contributed by atoms with Crippen molar-refractivity contribution in [2.75, 3.05) is 0 Å². The molecule has 2 N–H and O–H groups in total. The maximum atomic E-state index is 12.9. The fourth-order valence-corrected chi connectivity index (χ4v) is 4.29. The zero-order chi connectivity index (χ0) is 23.2. The van der Waals surface area contributed by atoms with Gasteiger partial charge < -0.3 is 10.4 Å². The molecule has 2 aromatic rings. The summed E-state index contributed by atoms with van der Waals surface area (Å²) in [4.78, 5) is 29.9. The van der Waals surface area contributed by atoms with Gasteiger partial charge in [-0.05, 0) is 34.8 Å². The summed E-state index contributed by atoms with van der Waals surface area (Å²) in [6.45, 7) is 11.8. The van der Waals surface area contributed by atoms with Crippen molar-refractivity contribution in [2.45, 2.75) is 53.6 Å². The lowest BCUT2D eigenvalue weighted by Crippen LogP contribution is -2.40. The first-order chi connectivity index (χ1) is 14.3. The Labute approximate surface area is 187 Å². The van der Waals surface area contributed by atoms with Crippen molar-refractivity contribution in [3.8, 4) is 0 Å². The summed E-state index contributed by atoms with van der Waals surface area (Å²) in [6.07, 6.45) is 0. The topological polar surface area (TPSA) is 78.8 Å². The van der Waals surface area contributed by atoms with Crippen LogP contribution >= 0.6 is 11.6 Å². The van der Waals surface area contributed by atoms with Gasteiger partial charge in [0.15, 0.2) is 0 Å². The third-order valence-corrected chi connectivity index (χ3v) is 5.77. The molecule has 3 rings (SSSR count). The number of para-hydroxylation sites is 1. The molecule has 0 fully saturated rings. The Morgan fingerprint density at radius 2 is 1.71 bits per heavy atom. The van der Waals surface area contributed by atoms with Gasteiger partial charge in [-0.15, -0.1) is 0 Å². The zero-order valence-corrected chi connectivity index (χ0v) is 19.6. The monoisotopic (exact) mass is 440 g/mol. The standard InChI is InChI=1S/C25H29ClN2O3/c1-23(2,3)20-16-9-7-8-10-19(16)28-25(20,22(30)31)17-13-15(11-12-18(17)26)14-27-21(29)24(4,5)6/h7-13H,14H2,1-6H3,(H,27,29)(H,30,31). The number of amides is 1. The molecule has 1 amide bonds. The first-order valence-corrected chi connectivity index (χ1v) is 10.7. The summed E-state index contributed by atoms with van der Waals surface area (Å²) in [5.41, 5.74) is -0.770. The number of hydrogen-bond acceptors (Lipinski definition) is 3. The molecule has 0 radical (unpaired) electrons. The normalized spacial score (nSPS) is 18.4. The second-order valence-electron chi connectivity index (χ2n) is 10.0. The quantitative estimate of drug-likeness (QED) is 0.758. The second kappa shape index (κ2) is 7.79. The van der Waals surface area contributed by atoms with Crippen molar-refractivity contribution in [1.29, 1.82) is 0 Å². The van der Waals surface area contributed by atoms with Gasteiger partial charge in [-0.1, -0.05) is 77.4 Å². The molecule has 5 nitrogen and oxygen atoms in total. The lowest BCUT2D eigenvalue weighted by atomic mass is 9.71. The van der Waals surface area contributed by atoms with E-state index in [-0.39, 0.29) is 12.5 Å². The van der Waals surface area contributed by atoms with E-state index >= 15 is 0 Å². The number of carboxylic acids is 1. The molecule has 0 aliphatic carbocycles. The Bertz CT molecular complexity index is 1170. The van der Waals surface area contributed by atoms with Crippen molar-refractivity contribution < 1.29 is 14.7 Å². The third-order valence-electron chi connectivity index (χ3n) is 5.44. The van der Waals surface area contributed by atoms with Gasteiger partial charge in [0.25, 0.3) is 0 Å². The highest BCUT2D eigenvalue weighted by atomic mass is 35.5. The van der Waals surface area contributed by atoms with Crippen LogP contribution in [0.4, 0.5) is 0 Å². The van der Waals surface area contributed by atoms with E-state index in [0.717, 1.165) is 10.8 Å². The lowest BCUT2D eigenvalue weighted by Gasteiger charge is -2.35. The first kappa shape index (κ1) is 23.0. The van der Waals surface area contributed by atoms with Gasteiger partial charge in [-0.3, -0.25) is 9.79 Å². The summed E-state index contributed by atoms with van der Waals surface area (Å²) < 4.78 is 0. The minimum Gasteiger partial charge on any atom is -0.479 e. The van der Waals surface area contributed by atoms with Crippen LogP contribution < -0.4 is 15.9 Å². The molecule has 164 valence electrons. The number of hydrogen-bond donors (Lipinski definition) is 2. The molecule has 31 heavy (non-hydrogen) atoms. The number of benzene rings is 2. The molecule has 1 aliphatic rings. The Hall–Kier alpha value is -2.66. The van der Waals surface area contributed by atoms with E-state index in [0.29, 0.717) is 21.5 Å². The van der Waals surface area contributed by atoms with E-state index in [1.165, 1.54) is 0 Å². The Morgan fingerprint density at radius 1 is 1.06 bits per heavy atom. The highest BCUT2D eigenvalue weighted by molar-refractivity contribution is 6.32. The number of halogens is 1. The average Bonchev–Trinajstić information content (AvgIpc) is 3.02. The minimum absolute atomic E-state index is 0.0863. The molecule has 1 atom stereocenters. The van der Waals surface area contributed by atoms with Gasteiger partial charge in [0.05, 0.1) is 5.36 Å². The van der Waals surface area contributed by atoms with Crippen LogP contribution in [0.5, 0.6) is 0 Å². The number of nitrogens with one attached hydrogen (secondary N) is 1. The number of fused-ring (bicyclic) bond motifs is 1. The van der Waals surface area contributed by atoms with Crippen LogP contribution in [-0.4, -0.2) is 17.0 Å². The van der Waals surface area contributed by atoms with Crippen molar-refractivity contribution in [1.82, 2.24) is 5.32 Å². The van der Waals surface area contributed by atoms with Crippen LogP contribution in [-0.2, 0) is 21.7 Å². The number of nitrogens with zero attached hydrogens (tertiary/aromatic N) is 1. The summed E-state index contributed by atoms with van der Waals surface area (Å²) >= 11 is 6.58. The highest BCUT2D eigenvalue weighted by Crippen LogP contribution is 2.47. The van der Waals surface area contributed by atoms with E-state index in [1.54, 1.807) is 18.2 Å². The highest BCUT2D eigenvalue weighted by Gasteiger charge is 2.51. The molecule has 0 saturated carbocycles. The van der Waals surface area contributed by atoms with Crippen LogP contribution in [0.25, 0.3) is 5.57 Å². The van der Waals surface area contributed by atoms with E-state index in [9.17, 15) is 14.7 Å². The van der Waals surface area contributed by atoms with Gasteiger partial charge in [-0.2, -0.15) is 0 Å². The first-order valence-electron chi connectivity index (χ1n) is 10.3. The van der Waals surface area contributed by atoms with Crippen molar-refractivity contribution >= 4 is 29.1 Å². The van der Waals surface area contributed by atoms with Crippen LogP contribution in [0.15, 0.2) is 47.5 Å². The molecular weight excluding hydrogens is 412 g/mol. The van der Waals surface area contributed by atoms with Gasteiger partial charge in [0, 0.05) is 27.8 Å². The molecule has 0 saturated heterocycles. The summed E-state index contributed by atoms with van der Waals surface area (Å²) in [6, 6.07) is 12.7. The maximum absolute atomic E-state index is 12.9. The van der Waals surface area contributed by atoms with Crippen LogP contribution in [0, 0.1) is 10.8 Å². The van der Waals surface area contributed by atoms with Crippen molar-refractivity contribution in [2.24, 2.45) is 15.8 Å². The maximum Gasteiger partial charge on any atom is 0.340 e. The third kappa shape index (κ3) is 4.11. The van der Waals surface area contributed by atoms with Gasteiger partial charge in [0.1, 0.15) is 0 Å². The predicted octanol–water partition coefficient (Wildman–Crippen LogP) is 3.81. The molecule has 0 bridgehead atoms. The van der Waals surface area contributed by atoms with E-state index in [1.807, 2.05) is 65.8 Å². The zero-order valence-electron chi connectivity index (χ0n) is 18.8. The fraction of sp³-hybridized carbons (Fsp3) is 0.400. The van der Waals surface area contributed by atoms with Gasteiger partial charge in [-0.25, -0.2) is 4.79 Å². The Balaban J connectivity index is 2.20. The van der Waals surface area contributed by atoms with Crippen molar-refractivity contribution in [3.63, 3.8) is 0 Å². The number of carbonyl (C=O) groups is 2. The molecule has 0 aromatic heterocycles. The molecule has 1 aliphatic heterocycles. The smallest absolute Gasteiger partial charge is 0.340 e. The largest absolute Gasteiger partial charge is 0.479 e. The molecule has 0 spiro atoms. The van der Waals surface area contributed by atoms with Gasteiger partial charge >= 0.3 is 5.97 Å². The SMILES string of the molecule is CC(C)(C)C(=O)NCc1ccc(Cl)c(C2(C(=O)O)N=c3ccccc3=C2C(C)(C)C)c1. The van der Waals surface area contributed by atoms with Crippen molar-refractivity contribution in [3.05, 3.63) is 69.2 Å². The molecular formula is C25H29ClN2O3. The summed E-state index contributed by atoms with van der Waals surface area (Å²) in [5.74, 6) is -1.16. The van der Waals surface area contributed by atoms with E-state index in [4.69, 9.17) is 16.6 Å². The lowest BCUT2D eigenvalue weighted by molar-refractivity contribution is -0.141. The fourth-order valence-electron chi connectivity index (χ4n) is 4.03. The predicted molar refractivity (Wildman–Crippen MR) is 122 cm³/mol. The Morgan fingerprint density at radius 3 is 2.29 bits per heavy atom. The van der Waals surface area contributed by atoms with Crippen LogP contribution in [0.2, 0.25) is 5.02 Å². The number of aliphatic carboxylic acids is 1. The minimum atomic E-state index is -1.64. The average molecular weight is 441 g/mol. The van der Waals surface area contributed by atoms with E-state index in [2.05, 4.69) is 5.32 Å². The molecule has 6 heteroatoms. The molecule has 2 aromatic carbocycles. The van der Waals surface area contributed by atoms with Gasteiger partial charge in [0.2, 0.25) is 11.4 Å². The number of carboxylic acid groups (broad SMARTS) is 1. The number of carbonyl (C=O) groups excluding carboxylic acids is 1. The molecule has 1 heterocycles. The molecule has 1 unspecified atom stereocenters. The van der Waals surface area contributed by atoms with Crippen LogP contribution in [0.3, 0.4) is 0 Å². The second-order valence-corrected chi connectivity index (χ2v) is 10.4. The Kier molecular flexibility index (Phi) is 5.78. The van der Waals surface area contributed by atoms with Crippen LogP contribution in [0.1, 0.15) is 52.7 Å². The summed E-state index contributed by atoms with van der Waals surface area (Å²) in [7, 11) is 0. The number of rotatable bonds is 4.